The highest BCUT2D eigenvalue weighted by Crippen LogP contribution is 2.13. The molecule has 0 saturated carbocycles. The Morgan fingerprint density at radius 2 is 1.63 bits per heavy atom. The van der Waals surface area contributed by atoms with Crippen LogP contribution in [0.1, 0.15) is 18.1 Å². The van der Waals surface area contributed by atoms with Crippen LogP contribution in [0, 0.1) is 12.3 Å². The van der Waals surface area contributed by atoms with Crippen molar-refractivity contribution >= 4 is 17.3 Å². The standard InChI is InChI=1S/C16H19N3/c1-3-13-7-5-9-15(11-13)19-16(17)18-14-8-4-6-12(2)10-14/h4-11H,3H2,1-2H3,(H3,17,18,19). The fraction of sp³-hybridized carbons (Fsp3) is 0.188. The molecular formula is C16H19N3. The van der Waals surface area contributed by atoms with Crippen molar-refractivity contribution in [3.05, 3.63) is 59.7 Å². The maximum Gasteiger partial charge on any atom is 0.197 e. The van der Waals surface area contributed by atoms with Gasteiger partial charge in [0.05, 0.1) is 0 Å². The van der Waals surface area contributed by atoms with Crippen LogP contribution in [0.2, 0.25) is 0 Å². The Morgan fingerprint density at radius 3 is 2.26 bits per heavy atom. The van der Waals surface area contributed by atoms with Crippen LogP contribution in [0.15, 0.2) is 48.5 Å². The van der Waals surface area contributed by atoms with Crippen LogP contribution in [0.25, 0.3) is 0 Å². The molecule has 2 rings (SSSR count). The van der Waals surface area contributed by atoms with Crippen LogP contribution in [-0.2, 0) is 6.42 Å². The molecule has 0 fully saturated rings. The third-order valence-electron chi connectivity index (χ3n) is 2.89. The van der Waals surface area contributed by atoms with Gasteiger partial charge in [0.2, 0.25) is 0 Å². The fourth-order valence-electron chi connectivity index (χ4n) is 1.91. The number of anilines is 2. The molecule has 3 nitrogen and oxygen atoms in total. The van der Waals surface area contributed by atoms with Crippen molar-refractivity contribution < 1.29 is 0 Å². The number of rotatable bonds is 3. The zero-order valence-electron chi connectivity index (χ0n) is 11.3. The second-order valence-electron chi connectivity index (χ2n) is 4.55. The summed E-state index contributed by atoms with van der Waals surface area (Å²) < 4.78 is 0. The summed E-state index contributed by atoms with van der Waals surface area (Å²) in [5, 5.41) is 14.0. The van der Waals surface area contributed by atoms with Crippen LogP contribution in [0.5, 0.6) is 0 Å². The van der Waals surface area contributed by atoms with E-state index in [0.29, 0.717) is 0 Å². The van der Waals surface area contributed by atoms with Gasteiger partial charge in [-0.25, -0.2) is 0 Å². The van der Waals surface area contributed by atoms with Gasteiger partial charge in [-0.1, -0.05) is 31.2 Å². The van der Waals surface area contributed by atoms with E-state index in [1.807, 2.05) is 43.3 Å². The first-order chi connectivity index (χ1) is 9.17. The Labute approximate surface area is 114 Å². The SMILES string of the molecule is CCc1cccc(NC(=N)Nc2cccc(C)c2)c1. The first-order valence-corrected chi connectivity index (χ1v) is 6.45. The minimum Gasteiger partial charge on any atom is -0.326 e. The summed E-state index contributed by atoms with van der Waals surface area (Å²) in [5.41, 5.74) is 4.28. The van der Waals surface area contributed by atoms with Gasteiger partial charge in [0.15, 0.2) is 5.96 Å². The lowest BCUT2D eigenvalue weighted by atomic mass is 10.1. The van der Waals surface area contributed by atoms with E-state index in [1.165, 1.54) is 11.1 Å². The van der Waals surface area contributed by atoms with Crippen LogP contribution >= 0.6 is 0 Å². The summed E-state index contributed by atoms with van der Waals surface area (Å²) in [5.74, 6) is 0.277. The first-order valence-electron chi connectivity index (χ1n) is 6.45. The van der Waals surface area contributed by atoms with E-state index in [2.05, 4.69) is 29.7 Å². The van der Waals surface area contributed by atoms with E-state index in [9.17, 15) is 0 Å². The third kappa shape index (κ3) is 3.85. The number of hydrogen-bond donors (Lipinski definition) is 3. The summed E-state index contributed by atoms with van der Waals surface area (Å²) in [6.07, 6.45) is 0.994. The molecule has 0 spiro atoms. The molecule has 2 aromatic carbocycles. The maximum atomic E-state index is 7.94. The molecule has 0 aliphatic carbocycles. The highest BCUT2D eigenvalue weighted by Gasteiger charge is 2.00. The summed E-state index contributed by atoms with van der Waals surface area (Å²) in [6, 6.07) is 16.1. The molecule has 0 atom stereocenters. The van der Waals surface area contributed by atoms with Crippen LogP contribution in [0.3, 0.4) is 0 Å². The van der Waals surface area contributed by atoms with Gasteiger partial charge in [-0.2, -0.15) is 0 Å². The van der Waals surface area contributed by atoms with E-state index in [1.54, 1.807) is 0 Å². The smallest absolute Gasteiger partial charge is 0.197 e. The van der Waals surface area contributed by atoms with Gasteiger partial charge >= 0.3 is 0 Å². The minimum absolute atomic E-state index is 0.277. The summed E-state index contributed by atoms with van der Waals surface area (Å²) in [7, 11) is 0. The van der Waals surface area contributed by atoms with E-state index >= 15 is 0 Å². The summed E-state index contributed by atoms with van der Waals surface area (Å²) >= 11 is 0. The second-order valence-corrected chi connectivity index (χ2v) is 4.55. The Morgan fingerprint density at radius 1 is 1.00 bits per heavy atom. The Bertz CT molecular complexity index is 576. The fourth-order valence-corrected chi connectivity index (χ4v) is 1.91. The molecule has 98 valence electrons. The van der Waals surface area contributed by atoms with Gasteiger partial charge < -0.3 is 10.6 Å². The molecular weight excluding hydrogens is 234 g/mol. The van der Waals surface area contributed by atoms with Gasteiger partial charge in [0.1, 0.15) is 0 Å². The van der Waals surface area contributed by atoms with Gasteiger partial charge in [-0.3, -0.25) is 5.41 Å². The maximum absolute atomic E-state index is 7.94. The predicted molar refractivity (Wildman–Crippen MR) is 82.0 cm³/mol. The average molecular weight is 253 g/mol. The lowest BCUT2D eigenvalue weighted by molar-refractivity contribution is 1.14. The Hall–Kier alpha value is -2.29. The van der Waals surface area contributed by atoms with Gasteiger partial charge in [0, 0.05) is 11.4 Å². The zero-order chi connectivity index (χ0) is 13.7. The largest absolute Gasteiger partial charge is 0.326 e. The molecule has 3 heteroatoms. The second kappa shape index (κ2) is 6.05. The Balaban J connectivity index is 2.01. The number of benzene rings is 2. The monoisotopic (exact) mass is 253 g/mol. The normalized spacial score (nSPS) is 10.0. The van der Waals surface area contributed by atoms with E-state index in [4.69, 9.17) is 5.41 Å². The van der Waals surface area contributed by atoms with Gasteiger partial charge in [0.25, 0.3) is 0 Å². The minimum atomic E-state index is 0.277. The van der Waals surface area contributed by atoms with Crippen molar-refractivity contribution in [2.45, 2.75) is 20.3 Å². The zero-order valence-corrected chi connectivity index (χ0v) is 11.3. The molecule has 0 aliphatic rings. The Kier molecular flexibility index (Phi) is 4.18. The molecule has 0 radical (unpaired) electrons. The third-order valence-corrected chi connectivity index (χ3v) is 2.89. The summed E-state index contributed by atoms with van der Waals surface area (Å²) in [4.78, 5) is 0. The number of hydrogen-bond acceptors (Lipinski definition) is 1. The van der Waals surface area contributed by atoms with Crippen molar-refractivity contribution in [2.24, 2.45) is 0 Å². The van der Waals surface area contributed by atoms with Crippen LogP contribution < -0.4 is 10.6 Å². The molecule has 19 heavy (non-hydrogen) atoms. The average Bonchev–Trinajstić information content (AvgIpc) is 2.38. The number of nitrogens with one attached hydrogen (secondary N) is 3. The molecule has 2 aromatic rings. The predicted octanol–water partition coefficient (Wildman–Crippen LogP) is 4.02. The molecule has 0 saturated heterocycles. The lowest BCUT2D eigenvalue weighted by Gasteiger charge is -2.11. The molecule has 3 N–H and O–H groups in total. The van der Waals surface area contributed by atoms with Crippen molar-refractivity contribution in [1.29, 1.82) is 5.41 Å². The van der Waals surface area contributed by atoms with E-state index in [0.717, 1.165) is 17.8 Å². The topological polar surface area (TPSA) is 47.9 Å². The van der Waals surface area contributed by atoms with Crippen LogP contribution in [-0.4, -0.2) is 5.96 Å². The summed E-state index contributed by atoms with van der Waals surface area (Å²) in [6.45, 7) is 4.16. The van der Waals surface area contributed by atoms with Crippen LogP contribution in [0.4, 0.5) is 11.4 Å². The first kappa shape index (κ1) is 13.1. The van der Waals surface area contributed by atoms with Crippen molar-refractivity contribution in [3.8, 4) is 0 Å². The molecule has 0 aromatic heterocycles. The van der Waals surface area contributed by atoms with E-state index < -0.39 is 0 Å². The quantitative estimate of drug-likeness (QED) is 0.571. The lowest BCUT2D eigenvalue weighted by Crippen LogP contribution is -2.20. The van der Waals surface area contributed by atoms with Crippen molar-refractivity contribution in [1.82, 2.24) is 0 Å². The van der Waals surface area contributed by atoms with Crippen molar-refractivity contribution in [2.75, 3.05) is 10.6 Å². The molecule has 0 unspecified atom stereocenters. The number of aryl methyl sites for hydroxylation is 2. The van der Waals surface area contributed by atoms with E-state index in [-0.39, 0.29) is 5.96 Å². The highest BCUT2D eigenvalue weighted by atomic mass is 15.1. The highest BCUT2D eigenvalue weighted by molar-refractivity contribution is 6.01. The van der Waals surface area contributed by atoms with Gasteiger partial charge in [-0.05, 0) is 48.7 Å². The molecule has 0 bridgehead atoms. The molecule has 0 heterocycles. The van der Waals surface area contributed by atoms with Gasteiger partial charge in [-0.15, -0.1) is 0 Å². The molecule has 0 aliphatic heterocycles. The van der Waals surface area contributed by atoms with Crippen molar-refractivity contribution in [3.63, 3.8) is 0 Å². The molecule has 0 amide bonds. The number of guanidine groups is 1.